The quantitative estimate of drug-likeness (QED) is 0.538. The minimum Gasteiger partial charge on any atom is -0.381 e. The van der Waals surface area contributed by atoms with Crippen LogP contribution in [0.2, 0.25) is 0 Å². The number of hydrogen-bond donors (Lipinski definition) is 1. The molecule has 7 heteroatoms. The smallest absolute Gasteiger partial charge is 0.265 e. The Bertz CT molecular complexity index is 1470. The fraction of sp³-hybridized carbons (Fsp3) is 0.250. The van der Waals surface area contributed by atoms with Crippen molar-refractivity contribution < 1.29 is 13.3 Å². The van der Waals surface area contributed by atoms with Crippen LogP contribution in [-0.4, -0.2) is 32.1 Å². The average molecular weight is 484 g/mol. The topological polar surface area (TPSA) is 82.4 Å². The summed E-state index contributed by atoms with van der Waals surface area (Å²) in [5.74, 6) is 0.175. The molecule has 1 unspecified atom stereocenters. The number of sulfonamides is 1. The Kier molecular flexibility index (Phi) is 5.26. The van der Waals surface area contributed by atoms with Crippen LogP contribution in [0.3, 0.4) is 0 Å². The summed E-state index contributed by atoms with van der Waals surface area (Å²) in [6.07, 6.45) is 0.774. The first kappa shape index (κ1) is 22.1. The second-order valence-corrected chi connectivity index (χ2v) is 11.3. The second-order valence-electron chi connectivity index (χ2n) is 9.46. The van der Waals surface area contributed by atoms with Gasteiger partial charge in [-0.3, -0.25) is 4.84 Å². The molecule has 1 N–H and O–H groups in total. The van der Waals surface area contributed by atoms with Gasteiger partial charge in [0.25, 0.3) is 10.0 Å². The van der Waals surface area contributed by atoms with E-state index in [0.29, 0.717) is 5.56 Å². The normalized spacial score (nSPS) is 23.6. The molecule has 0 bridgehead atoms. The molecule has 1 aliphatic carbocycles. The molecule has 2 aliphatic heterocycles. The number of hydrogen-bond acceptors (Lipinski definition) is 5. The summed E-state index contributed by atoms with van der Waals surface area (Å²) in [5.41, 5.74) is 7.23. The third-order valence-electron chi connectivity index (χ3n) is 7.42. The lowest BCUT2D eigenvalue weighted by Gasteiger charge is -2.42. The summed E-state index contributed by atoms with van der Waals surface area (Å²) in [7, 11) is -3.80. The van der Waals surface area contributed by atoms with E-state index < -0.39 is 10.0 Å². The zero-order chi connectivity index (χ0) is 24.2. The van der Waals surface area contributed by atoms with Crippen LogP contribution in [0.1, 0.15) is 40.5 Å². The van der Waals surface area contributed by atoms with Gasteiger partial charge >= 0.3 is 0 Å². The van der Waals surface area contributed by atoms with Crippen molar-refractivity contribution in [1.29, 1.82) is 5.26 Å². The van der Waals surface area contributed by atoms with Gasteiger partial charge in [0.05, 0.1) is 29.7 Å². The van der Waals surface area contributed by atoms with Crippen LogP contribution in [0, 0.1) is 18.3 Å². The summed E-state index contributed by atoms with van der Waals surface area (Å²) < 4.78 is 28.0. The molecule has 176 valence electrons. The van der Waals surface area contributed by atoms with Crippen molar-refractivity contribution in [2.75, 3.05) is 18.5 Å². The molecule has 3 aliphatic rings. The fourth-order valence-corrected chi connectivity index (χ4v) is 6.89. The molecule has 3 aromatic rings. The van der Waals surface area contributed by atoms with Gasteiger partial charge in [0.15, 0.2) is 0 Å². The van der Waals surface area contributed by atoms with E-state index in [1.54, 1.807) is 24.3 Å². The van der Waals surface area contributed by atoms with E-state index >= 15 is 0 Å². The molecule has 0 saturated carbocycles. The molecule has 0 amide bonds. The van der Waals surface area contributed by atoms with Gasteiger partial charge in [-0.15, -0.1) is 0 Å². The van der Waals surface area contributed by atoms with E-state index in [4.69, 9.17) is 4.84 Å². The summed E-state index contributed by atoms with van der Waals surface area (Å²) >= 11 is 0. The molecule has 0 radical (unpaired) electrons. The Hall–Kier alpha value is -3.44. The summed E-state index contributed by atoms with van der Waals surface area (Å²) in [4.78, 5) is 6.11. The predicted octanol–water partition coefficient (Wildman–Crippen LogP) is 4.86. The van der Waals surface area contributed by atoms with Crippen molar-refractivity contribution >= 4 is 15.7 Å². The standard InChI is InChI=1S/C28H25N3O3S/c1-18-7-10-22(11-8-18)35(32,33)31-16-25-21(17-34-31)14-24-23-13-19(15-29)9-12-26(23)30-28(24)27(25)20-5-3-2-4-6-20/h2-13,24,27-28,30H,14,16-17H2,1H3/t24-,27?,28+/m0/s1. The SMILES string of the molecule is Cc1ccc(S(=O)(=O)N2CC3=C(CO2)C[C@H]2c4cc(C#N)ccc4N[C@H]2C3c2ccccc2)cc1. The molecule has 0 aromatic heterocycles. The molecular formula is C28H25N3O3S. The number of fused-ring (bicyclic) bond motifs is 3. The highest BCUT2D eigenvalue weighted by Crippen LogP contribution is 2.52. The van der Waals surface area contributed by atoms with Gasteiger partial charge < -0.3 is 5.32 Å². The molecule has 0 saturated heterocycles. The predicted molar refractivity (Wildman–Crippen MR) is 133 cm³/mol. The highest BCUT2D eigenvalue weighted by atomic mass is 32.2. The maximum absolute atomic E-state index is 13.4. The highest BCUT2D eigenvalue weighted by Gasteiger charge is 2.47. The largest absolute Gasteiger partial charge is 0.381 e. The van der Waals surface area contributed by atoms with Gasteiger partial charge in [-0.25, -0.2) is 8.42 Å². The number of aryl methyl sites for hydroxylation is 1. The van der Waals surface area contributed by atoms with Gasteiger partial charge in [0.1, 0.15) is 0 Å². The van der Waals surface area contributed by atoms with Crippen LogP contribution < -0.4 is 5.32 Å². The summed E-state index contributed by atoms with van der Waals surface area (Å²) in [5, 5.41) is 13.1. The third kappa shape index (κ3) is 3.66. The number of nitriles is 1. The molecule has 3 aromatic carbocycles. The molecule has 2 heterocycles. The first-order chi connectivity index (χ1) is 17.0. The molecule has 0 fully saturated rings. The van der Waals surface area contributed by atoms with Gasteiger partial charge in [-0.1, -0.05) is 52.5 Å². The Balaban J connectivity index is 1.41. The Morgan fingerprint density at radius 2 is 1.83 bits per heavy atom. The monoisotopic (exact) mass is 483 g/mol. The number of benzene rings is 3. The number of hydroxylamine groups is 1. The van der Waals surface area contributed by atoms with Gasteiger partial charge in [-0.05, 0) is 65.9 Å². The summed E-state index contributed by atoms with van der Waals surface area (Å²) in [6.45, 7) is 2.36. The highest BCUT2D eigenvalue weighted by molar-refractivity contribution is 7.89. The van der Waals surface area contributed by atoms with E-state index in [1.165, 1.54) is 0 Å². The molecule has 35 heavy (non-hydrogen) atoms. The number of rotatable bonds is 3. The van der Waals surface area contributed by atoms with E-state index in [1.807, 2.05) is 43.3 Å². The Morgan fingerprint density at radius 3 is 2.57 bits per heavy atom. The van der Waals surface area contributed by atoms with Crippen LogP contribution in [0.25, 0.3) is 0 Å². The Labute approximate surface area is 205 Å². The lowest BCUT2D eigenvalue weighted by atomic mass is 9.69. The van der Waals surface area contributed by atoms with Crippen molar-refractivity contribution in [3.63, 3.8) is 0 Å². The fourth-order valence-electron chi connectivity index (χ4n) is 5.68. The number of anilines is 1. The van der Waals surface area contributed by atoms with Crippen LogP contribution in [-0.2, 0) is 14.9 Å². The molecule has 0 spiro atoms. The maximum Gasteiger partial charge on any atom is 0.265 e. The number of nitrogens with zero attached hydrogens (tertiary/aromatic N) is 2. The molecule has 6 nitrogen and oxygen atoms in total. The van der Waals surface area contributed by atoms with Crippen molar-refractivity contribution in [2.24, 2.45) is 0 Å². The van der Waals surface area contributed by atoms with Gasteiger partial charge in [0, 0.05) is 23.6 Å². The van der Waals surface area contributed by atoms with Gasteiger partial charge in [-0.2, -0.15) is 5.26 Å². The maximum atomic E-state index is 13.4. The third-order valence-corrected chi connectivity index (χ3v) is 9.06. The van der Waals surface area contributed by atoms with Crippen molar-refractivity contribution in [1.82, 2.24) is 4.47 Å². The Morgan fingerprint density at radius 1 is 1.06 bits per heavy atom. The average Bonchev–Trinajstić information content (AvgIpc) is 3.24. The molecule has 3 atom stereocenters. The van der Waals surface area contributed by atoms with Crippen LogP contribution >= 0.6 is 0 Å². The van der Waals surface area contributed by atoms with Crippen LogP contribution in [0.15, 0.2) is 88.8 Å². The van der Waals surface area contributed by atoms with E-state index in [2.05, 4.69) is 23.5 Å². The minimum absolute atomic E-state index is 0.0116. The van der Waals surface area contributed by atoms with E-state index in [0.717, 1.165) is 44.4 Å². The molecule has 6 rings (SSSR count). The second kappa shape index (κ2) is 8.35. The zero-order valence-corrected chi connectivity index (χ0v) is 20.1. The lowest BCUT2D eigenvalue weighted by Crippen LogP contribution is -2.44. The minimum atomic E-state index is -3.80. The number of nitrogens with one attached hydrogen (secondary N) is 1. The first-order valence-electron chi connectivity index (χ1n) is 11.7. The van der Waals surface area contributed by atoms with Crippen LogP contribution in [0.5, 0.6) is 0 Å². The van der Waals surface area contributed by atoms with Crippen molar-refractivity contribution in [3.8, 4) is 6.07 Å². The van der Waals surface area contributed by atoms with E-state index in [9.17, 15) is 13.7 Å². The van der Waals surface area contributed by atoms with E-state index in [-0.39, 0.29) is 35.9 Å². The van der Waals surface area contributed by atoms with Gasteiger partial charge in [0.2, 0.25) is 0 Å². The first-order valence-corrected chi connectivity index (χ1v) is 13.2. The van der Waals surface area contributed by atoms with Crippen molar-refractivity contribution in [2.45, 2.75) is 36.1 Å². The lowest BCUT2D eigenvalue weighted by molar-refractivity contribution is -0.0799. The van der Waals surface area contributed by atoms with Crippen molar-refractivity contribution in [3.05, 3.63) is 106 Å². The van der Waals surface area contributed by atoms with Crippen LogP contribution in [0.4, 0.5) is 5.69 Å². The zero-order valence-electron chi connectivity index (χ0n) is 19.3. The molecular weight excluding hydrogens is 458 g/mol. The summed E-state index contributed by atoms with van der Waals surface area (Å²) in [6, 6.07) is 25.3.